The molecular weight excluding hydrogens is 246 g/mol. The molecule has 0 amide bonds. The van der Waals surface area contributed by atoms with Crippen LogP contribution in [0.1, 0.15) is 19.3 Å². The van der Waals surface area contributed by atoms with Crippen molar-refractivity contribution in [3.8, 4) is 0 Å². The molecule has 20 heavy (non-hydrogen) atoms. The van der Waals surface area contributed by atoms with E-state index in [4.69, 9.17) is 0 Å². The van der Waals surface area contributed by atoms with Crippen molar-refractivity contribution in [3.63, 3.8) is 0 Å². The summed E-state index contributed by atoms with van der Waals surface area (Å²) in [6, 6.07) is 0. The number of nitrogens with zero attached hydrogens (tertiary/aromatic N) is 3. The first-order valence-electron chi connectivity index (χ1n) is 7.11. The average molecular weight is 269 g/mol. The lowest BCUT2D eigenvalue weighted by Crippen LogP contribution is -2.18. The van der Waals surface area contributed by atoms with Crippen molar-refractivity contribution in [1.29, 1.82) is 0 Å². The SMILES string of the molecule is C=C/C=C\C(/C=C/C1CC1(C(N=C)=NC)C1CC1)=NC. The van der Waals surface area contributed by atoms with Gasteiger partial charge in [-0.15, -0.1) is 0 Å². The minimum Gasteiger partial charge on any atom is -0.289 e. The van der Waals surface area contributed by atoms with Crippen LogP contribution in [0.15, 0.2) is 51.9 Å². The Morgan fingerprint density at radius 2 is 1.95 bits per heavy atom. The van der Waals surface area contributed by atoms with Crippen LogP contribution in [0.2, 0.25) is 0 Å². The minimum absolute atomic E-state index is 0.161. The Morgan fingerprint density at radius 1 is 1.20 bits per heavy atom. The lowest BCUT2D eigenvalue weighted by atomic mass is 9.95. The van der Waals surface area contributed by atoms with E-state index in [0.29, 0.717) is 5.92 Å². The molecule has 2 aliphatic carbocycles. The zero-order valence-corrected chi connectivity index (χ0v) is 12.4. The van der Waals surface area contributed by atoms with Crippen LogP contribution in [0, 0.1) is 17.3 Å². The average Bonchev–Trinajstić information content (AvgIpc) is 3.34. The molecule has 106 valence electrons. The third kappa shape index (κ3) is 2.72. The highest BCUT2D eigenvalue weighted by molar-refractivity contribution is 6.04. The second-order valence-electron chi connectivity index (χ2n) is 5.43. The molecule has 0 saturated heterocycles. The van der Waals surface area contributed by atoms with Crippen LogP contribution in [-0.2, 0) is 0 Å². The van der Waals surface area contributed by atoms with Crippen LogP contribution in [0.4, 0.5) is 0 Å². The van der Waals surface area contributed by atoms with Gasteiger partial charge in [0.2, 0.25) is 0 Å². The standard InChI is InChI=1S/C17H23N3/c1-5-6-7-15(18-2)11-10-14-12-17(14,13-8-9-13)16(19-3)20-4/h5-7,10-11,13-14H,1,3,8-9,12H2,2,4H3/b7-6-,11-10+,18-15?,20-16?. The van der Waals surface area contributed by atoms with Gasteiger partial charge in [0.05, 0.1) is 5.71 Å². The molecule has 2 rings (SSSR count). The van der Waals surface area contributed by atoms with Gasteiger partial charge in [0.1, 0.15) is 5.84 Å². The van der Waals surface area contributed by atoms with Crippen molar-refractivity contribution in [1.82, 2.24) is 0 Å². The third-order valence-corrected chi connectivity index (χ3v) is 4.30. The van der Waals surface area contributed by atoms with E-state index < -0.39 is 0 Å². The monoisotopic (exact) mass is 269 g/mol. The highest BCUT2D eigenvalue weighted by Gasteiger charge is 2.64. The topological polar surface area (TPSA) is 37.1 Å². The summed E-state index contributed by atoms with van der Waals surface area (Å²) in [6.07, 6.45) is 13.7. The Labute approximate surface area is 121 Å². The second-order valence-corrected chi connectivity index (χ2v) is 5.43. The molecule has 0 aromatic rings. The van der Waals surface area contributed by atoms with Crippen LogP contribution in [0.5, 0.6) is 0 Å². The molecule has 2 atom stereocenters. The van der Waals surface area contributed by atoms with Crippen molar-refractivity contribution in [2.24, 2.45) is 32.2 Å². The summed E-state index contributed by atoms with van der Waals surface area (Å²) >= 11 is 0. The molecule has 0 radical (unpaired) electrons. The number of aliphatic imine (C=N–C) groups is 3. The van der Waals surface area contributed by atoms with Crippen LogP contribution in [-0.4, -0.2) is 32.4 Å². The van der Waals surface area contributed by atoms with Gasteiger partial charge >= 0.3 is 0 Å². The Balaban J connectivity index is 2.10. The number of rotatable bonds is 6. The van der Waals surface area contributed by atoms with Gasteiger partial charge in [-0.1, -0.05) is 24.8 Å². The van der Waals surface area contributed by atoms with E-state index in [1.807, 2.05) is 19.2 Å². The summed E-state index contributed by atoms with van der Waals surface area (Å²) in [5, 5.41) is 0. The Hall–Kier alpha value is -1.77. The maximum atomic E-state index is 4.35. The predicted octanol–water partition coefficient (Wildman–Crippen LogP) is 3.50. The number of hydrogen-bond donors (Lipinski definition) is 0. The Bertz CT molecular complexity index is 506. The maximum Gasteiger partial charge on any atom is 0.129 e. The van der Waals surface area contributed by atoms with Crippen molar-refractivity contribution < 1.29 is 0 Å². The molecule has 3 heteroatoms. The number of allylic oxidation sites excluding steroid dienone is 5. The first-order chi connectivity index (χ1) is 9.72. The molecule has 0 N–H and O–H groups in total. The normalized spacial score (nSPS) is 31.0. The smallest absolute Gasteiger partial charge is 0.129 e. The van der Waals surface area contributed by atoms with E-state index in [2.05, 4.69) is 40.4 Å². The first-order valence-corrected chi connectivity index (χ1v) is 7.11. The molecule has 0 aromatic heterocycles. The van der Waals surface area contributed by atoms with Crippen LogP contribution in [0.25, 0.3) is 0 Å². The van der Waals surface area contributed by atoms with Crippen LogP contribution >= 0.6 is 0 Å². The van der Waals surface area contributed by atoms with E-state index in [9.17, 15) is 0 Å². The molecule has 2 fully saturated rings. The van der Waals surface area contributed by atoms with E-state index >= 15 is 0 Å². The minimum atomic E-state index is 0.161. The zero-order valence-electron chi connectivity index (χ0n) is 12.4. The quantitative estimate of drug-likeness (QED) is 0.402. The Morgan fingerprint density at radius 3 is 2.45 bits per heavy atom. The van der Waals surface area contributed by atoms with Crippen LogP contribution < -0.4 is 0 Å². The lowest BCUT2D eigenvalue weighted by molar-refractivity contribution is 0.561. The third-order valence-electron chi connectivity index (χ3n) is 4.30. The summed E-state index contributed by atoms with van der Waals surface area (Å²) in [5.41, 5.74) is 1.12. The van der Waals surface area contributed by atoms with Gasteiger partial charge in [-0.25, -0.2) is 4.99 Å². The van der Waals surface area contributed by atoms with Gasteiger partial charge < -0.3 is 0 Å². The molecule has 0 bridgehead atoms. The van der Waals surface area contributed by atoms with E-state index in [1.165, 1.54) is 12.8 Å². The molecule has 0 heterocycles. The molecular formula is C17H23N3. The van der Waals surface area contributed by atoms with Gasteiger partial charge in [-0.3, -0.25) is 9.98 Å². The molecule has 0 aromatic carbocycles. The largest absolute Gasteiger partial charge is 0.289 e. The fourth-order valence-corrected chi connectivity index (χ4v) is 3.06. The number of amidine groups is 1. The number of hydrogen-bond acceptors (Lipinski definition) is 2. The molecule has 0 aliphatic heterocycles. The van der Waals surface area contributed by atoms with E-state index in [-0.39, 0.29) is 5.41 Å². The summed E-state index contributed by atoms with van der Waals surface area (Å²) < 4.78 is 0. The van der Waals surface area contributed by atoms with Gasteiger partial charge in [-0.2, -0.15) is 0 Å². The van der Waals surface area contributed by atoms with Gasteiger partial charge in [0.25, 0.3) is 0 Å². The summed E-state index contributed by atoms with van der Waals surface area (Å²) in [5.74, 6) is 2.20. The van der Waals surface area contributed by atoms with Gasteiger partial charge in [0, 0.05) is 19.5 Å². The van der Waals surface area contributed by atoms with Crippen molar-refractivity contribution in [2.75, 3.05) is 14.1 Å². The zero-order chi connectivity index (χ0) is 14.6. The van der Waals surface area contributed by atoms with Crippen molar-refractivity contribution in [2.45, 2.75) is 19.3 Å². The first kappa shape index (κ1) is 14.6. The van der Waals surface area contributed by atoms with Gasteiger partial charge in [-0.05, 0) is 50.0 Å². The molecule has 2 saturated carbocycles. The van der Waals surface area contributed by atoms with E-state index in [1.54, 1.807) is 13.1 Å². The summed E-state index contributed by atoms with van der Waals surface area (Å²) in [6.45, 7) is 7.36. The van der Waals surface area contributed by atoms with Crippen LogP contribution in [0.3, 0.4) is 0 Å². The van der Waals surface area contributed by atoms with Crippen molar-refractivity contribution in [3.05, 3.63) is 37.0 Å². The molecule has 2 unspecified atom stereocenters. The molecule has 0 spiro atoms. The highest BCUT2D eigenvalue weighted by atomic mass is 15.0. The van der Waals surface area contributed by atoms with Crippen molar-refractivity contribution >= 4 is 18.3 Å². The van der Waals surface area contributed by atoms with E-state index in [0.717, 1.165) is 23.9 Å². The predicted molar refractivity (Wildman–Crippen MR) is 88.0 cm³/mol. The fourth-order valence-electron chi connectivity index (χ4n) is 3.06. The highest BCUT2D eigenvalue weighted by Crippen LogP contribution is 2.66. The molecule has 2 aliphatic rings. The second kappa shape index (κ2) is 6.12. The van der Waals surface area contributed by atoms with Gasteiger partial charge in [0.15, 0.2) is 0 Å². The lowest BCUT2D eigenvalue weighted by Gasteiger charge is -2.14. The summed E-state index contributed by atoms with van der Waals surface area (Å²) in [7, 11) is 3.62. The maximum absolute atomic E-state index is 4.35. The summed E-state index contributed by atoms with van der Waals surface area (Å²) in [4.78, 5) is 12.8. The fraction of sp³-hybridized carbons (Fsp3) is 0.471. The molecule has 3 nitrogen and oxygen atoms in total. The Kier molecular flexibility index (Phi) is 4.48.